The van der Waals surface area contributed by atoms with Gasteiger partial charge >= 0.3 is 0 Å². The number of thioether (sulfide) groups is 2. The van der Waals surface area contributed by atoms with E-state index in [1.807, 2.05) is 11.8 Å². The second kappa shape index (κ2) is 7.05. The lowest BCUT2D eigenvalue weighted by atomic mass is 9.99. The Bertz CT molecular complexity index is 946. The normalized spacial score (nSPS) is 14.1. The molecule has 0 amide bonds. The molecule has 0 aliphatic heterocycles. The van der Waals surface area contributed by atoms with Gasteiger partial charge in [0, 0.05) is 11.1 Å². The van der Waals surface area contributed by atoms with Crippen molar-refractivity contribution in [1.29, 1.82) is 0 Å². The molecule has 0 spiro atoms. The number of aromatic nitrogens is 3. The standard InChI is InChI=1S/C19H23N3S3/c1-5-9-24-18-16-15(21-19(22-18)23-4)13-11-7-6-8-12(11)14(10(2)3)20-17(13)25-16/h10H,5-9H2,1-4H3. The van der Waals surface area contributed by atoms with Gasteiger partial charge in [0.1, 0.15) is 9.86 Å². The van der Waals surface area contributed by atoms with Crippen LogP contribution in [0.4, 0.5) is 0 Å². The number of pyridine rings is 1. The van der Waals surface area contributed by atoms with E-state index in [4.69, 9.17) is 15.0 Å². The zero-order valence-corrected chi connectivity index (χ0v) is 17.6. The Hall–Kier alpha value is -0.850. The molecule has 0 fully saturated rings. The second-order valence-electron chi connectivity index (χ2n) is 6.79. The molecule has 0 radical (unpaired) electrons. The first kappa shape index (κ1) is 17.6. The molecule has 0 N–H and O–H groups in total. The SMILES string of the molecule is CCCSc1nc(SC)nc2c1sc1nc(C(C)C)c3c(c12)CCC3. The molecule has 6 heteroatoms. The first-order chi connectivity index (χ1) is 12.1. The second-order valence-corrected chi connectivity index (χ2v) is 9.64. The average molecular weight is 390 g/mol. The number of hydrogen-bond donors (Lipinski definition) is 0. The highest BCUT2D eigenvalue weighted by atomic mass is 32.2. The van der Waals surface area contributed by atoms with Gasteiger partial charge in [-0.15, -0.1) is 23.1 Å². The van der Waals surface area contributed by atoms with E-state index in [0.29, 0.717) is 5.92 Å². The molecule has 3 aromatic rings. The lowest BCUT2D eigenvalue weighted by molar-refractivity contribution is 0.805. The molecule has 3 heterocycles. The lowest BCUT2D eigenvalue weighted by Crippen LogP contribution is -2.00. The van der Waals surface area contributed by atoms with Gasteiger partial charge in [-0.1, -0.05) is 32.5 Å². The van der Waals surface area contributed by atoms with E-state index in [0.717, 1.165) is 39.1 Å². The molecule has 3 aromatic heterocycles. The monoisotopic (exact) mass is 389 g/mol. The van der Waals surface area contributed by atoms with Crippen molar-refractivity contribution in [2.45, 2.75) is 62.6 Å². The van der Waals surface area contributed by atoms with Crippen LogP contribution in [0.3, 0.4) is 0 Å². The predicted molar refractivity (Wildman–Crippen MR) is 112 cm³/mol. The van der Waals surface area contributed by atoms with E-state index in [1.54, 1.807) is 23.1 Å². The average Bonchev–Trinajstić information content (AvgIpc) is 3.22. The first-order valence-electron chi connectivity index (χ1n) is 8.96. The summed E-state index contributed by atoms with van der Waals surface area (Å²) < 4.78 is 1.23. The molecule has 0 aromatic carbocycles. The molecular formula is C19H23N3S3. The van der Waals surface area contributed by atoms with E-state index >= 15 is 0 Å². The lowest BCUT2D eigenvalue weighted by Gasteiger charge is -2.11. The Morgan fingerprint density at radius 3 is 2.64 bits per heavy atom. The number of nitrogens with zero attached hydrogens (tertiary/aromatic N) is 3. The van der Waals surface area contributed by atoms with Crippen molar-refractivity contribution in [2.75, 3.05) is 12.0 Å². The smallest absolute Gasteiger partial charge is 0.189 e. The van der Waals surface area contributed by atoms with Crippen LogP contribution in [0.5, 0.6) is 0 Å². The van der Waals surface area contributed by atoms with Gasteiger partial charge in [-0.25, -0.2) is 15.0 Å². The van der Waals surface area contributed by atoms with E-state index < -0.39 is 0 Å². The van der Waals surface area contributed by atoms with Crippen molar-refractivity contribution in [2.24, 2.45) is 0 Å². The van der Waals surface area contributed by atoms with Gasteiger partial charge in [-0.05, 0) is 54.7 Å². The van der Waals surface area contributed by atoms with Crippen LogP contribution in [-0.2, 0) is 12.8 Å². The van der Waals surface area contributed by atoms with Crippen LogP contribution < -0.4 is 0 Å². The molecule has 0 saturated heterocycles. The minimum absolute atomic E-state index is 0.475. The Labute approximate surface area is 161 Å². The maximum Gasteiger partial charge on any atom is 0.189 e. The van der Waals surface area contributed by atoms with E-state index in [2.05, 4.69) is 27.0 Å². The fraction of sp³-hybridized carbons (Fsp3) is 0.526. The Morgan fingerprint density at radius 2 is 1.92 bits per heavy atom. The fourth-order valence-corrected chi connectivity index (χ4v) is 6.15. The van der Waals surface area contributed by atoms with Crippen LogP contribution in [0.25, 0.3) is 20.4 Å². The molecule has 132 valence electrons. The van der Waals surface area contributed by atoms with Gasteiger partial charge in [0.25, 0.3) is 0 Å². The Balaban J connectivity index is 2.05. The summed E-state index contributed by atoms with van der Waals surface area (Å²) in [5, 5.41) is 3.33. The van der Waals surface area contributed by atoms with Crippen molar-refractivity contribution in [3.05, 3.63) is 16.8 Å². The maximum atomic E-state index is 5.10. The topological polar surface area (TPSA) is 38.7 Å². The molecule has 0 saturated carbocycles. The highest BCUT2D eigenvalue weighted by Gasteiger charge is 2.25. The fourth-order valence-electron chi connectivity index (χ4n) is 3.62. The van der Waals surface area contributed by atoms with Gasteiger partial charge < -0.3 is 0 Å². The van der Waals surface area contributed by atoms with Crippen molar-refractivity contribution in [3.63, 3.8) is 0 Å². The molecule has 3 nitrogen and oxygen atoms in total. The summed E-state index contributed by atoms with van der Waals surface area (Å²) in [5.74, 6) is 1.57. The summed E-state index contributed by atoms with van der Waals surface area (Å²) in [6, 6.07) is 0. The van der Waals surface area contributed by atoms with Crippen molar-refractivity contribution in [3.8, 4) is 0 Å². The maximum absolute atomic E-state index is 5.10. The number of thiophene rings is 1. The molecule has 1 aliphatic rings. The summed E-state index contributed by atoms with van der Waals surface area (Å²) in [5.41, 5.74) is 5.44. The van der Waals surface area contributed by atoms with Crippen LogP contribution in [0.2, 0.25) is 0 Å². The van der Waals surface area contributed by atoms with E-state index in [9.17, 15) is 0 Å². The molecule has 4 rings (SSSR count). The Morgan fingerprint density at radius 1 is 1.12 bits per heavy atom. The van der Waals surface area contributed by atoms with Gasteiger partial charge in [0.15, 0.2) is 5.16 Å². The zero-order chi connectivity index (χ0) is 17.6. The summed E-state index contributed by atoms with van der Waals surface area (Å²) in [6.07, 6.45) is 6.78. The zero-order valence-electron chi connectivity index (χ0n) is 15.2. The van der Waals surface area contributed by atoms with Crippen LogP contribution in [0.1, 0.15) is 56.4 Å². The van der Waals surface area contributed by atoms with Crippen LogP contribution in [0.15, 0.2) is 10.2 Å². The highest BCUT2D eigenvalue weighted by Crippen LogP contribution is 2.43. The van der Waals surface area contributed by atoms with E-state index in [-0.39, 0.29) is 0 Å². The molecule has 0 atom stereocenters. The Kier molecular flexibility index (Phi) is 4.95. The quantitative estimate of drug-likeness (QED) is 0.300. The number of hydrogen-bond acceptors (Lipinski definition) is 6. The van der Waals surface area contributed by atoms with E-state index in [1.165, 1.54) is 39.7 Å². The third-order valence-corrected chi connectivity index (χ3v) is 7.62. The van der Waals surface area contributed by atoms with Gasteiger partial charge in [-0.3, -0.25) is 0 Å². The summed E-state index contributed by atoms with van der Waals surface area (Å²) in [4.78, 5) is 16.0. The minimum atomic E-state index is 0.475. The molecule has 1 aliphatic carbocycles. The van der Waals surface area contributed by atoms with Crippen LogP contribution in [-0.4, -0.2) is 27.0 Å². The number of aryl methyl sites for hydroxylation is 1. The third kappa shape index (κ3) is 2.96. The summed E-state index contributed by atoms with van der Waals surface area (Å²) in [7, 11) is 0. The predicted octanol–water partition coefficient (Wildman–Crippen LogP) is 6.08. The van der Waals surface area contributed by atoms with Crippen molar-refractivity contribution in [1.82, 2.24) is 15.0 Å². The van der Waals surface area contributed by atoms with Crippen molar-refractivity contribution >= 4 is 55.3 Å². The molecule has 25 heavy (non-hydrogen) atoms. The van der Waals surface area contributed by atoms with Crippen LogP contribution >= 0.6 is 34.9 Å². The highest BCUT2D eigenvalue weighted by molar-refractivity contribution is 7.99. The third-order valence-electron chi connectivity index (χ3n) is 4.69. The molecule has 0 bridgehead atoms. The van der Waals surface area contributed by atoms with Gasteiger partial charge in [-0.2, -0.15) is 0 Å². The number of rotatable bonds is 5. The summed E-state index contributed by atoms with van der Waals surface area (Å²) >= 11 is 5.28. The minimum Gasteiger partial charge on any atom is -0.241 e. The number of fused-ring (bicyclic) bond motifs is 5. The molecular weight excluding hydrogens is 366 g/mol. The molecule has 0 unspecified atom stereocenters. The van der Waals surface area contributed by atoms with Gasteiger partial charge in [0.2, 0.25) is 0 Å². The van der Waals surface area contributed by atoms with Crippen LogP contribution in [0, 0.1) is 0 Å². The van der Waals surface area contributed by atoms with Gasteiger partial charge in [0.05, 0.1) is 10.2 Å². The largest absolute Gasteiger partial charge is 0.241 e. The van der Waals surface area contributed by atoms with Crippen molar-refractivity contribution < 1.29 is 0 Å². The first-order valence-corrected chi connectivity index (χ1v) is 12.0. The summed E-state index contributed by atoms with van der Waals surface area (Å²) in [6.45, 7) is 6.73.